The maximum absolute atomic E-state index is 6.13. The highest BCUT2D eigenvalue weighted by molar-refractivity contribution is 7.09. The van der Waals surface area contributed by atoms with E-state index in [0.29, 0.717) is 0 Å². The van der Waals surface area contributed by atoms with Crippen molar-refractivity contribution in [3.63, 3.8) is 0 Å². The van der Waals surface area contributed by atoms with E-state index in [2.05, 4.69) is 32.9 Å². The molecule has 29 heavy (non-hydrogen) atoms. The van der Waals surface area contributed by atoms with E-state index in [4.69, 9.17) is 4.74 Å². The zero-order valence-electron chi connectivity index (χ0n) is 15.5. The second-order valence-electron chi connectivity index (χ2n) is 6.47. The zero-order chi connectivity index (χ0) is 19.5. The van der Waals surface area contributed by atoms with Crippen molar-refractivity contribution in [2.45, 2.75) is 6.54 Å². The number of rotatable bonds is 6. The number of para-hydroxylation sites is 2. The number of fused-ring (bicyclic) bond motifs is 1. The second kappa shape index (κ2) is 7.77. The minimum Gasteiger partial charge on any atom is -0.457 e. The Balaban J connectivity index is 1.51. The summed E-state index contributed by atoms with van der Waals surface area (Å²) in [7, 11) is 0. The molecule has 3 aromatic heterocycles. The molecular formula is C23H18N4OS. The molecule has 0 aliphatic carbocycles. The van der Waals surface area contributed by atoms with Crippen LogP contribution in [-0.2, 0) is 6.54 Å². The fraction of sp³-hybridized carbons (Fsp3) is 0.0435. The Morgan fingerprint density at radius 1 is 0.897 bits per heavy atom. The van der Waals surface area contributed by atoms with Crippen molar-refractivity contribution < 1.29 is 4.74 Å². The zero-order valence-corrected chi connectivity index (χ0v) is 16.3. The van der Waals surface area contributed by atoms with Gasteiger partial charge in [-0.05, 0) is 35.7 Å². The first-order valence-electron chi connectivity index (χ1n) is 9.30. The monoisotopic (exact) mass is 398 g/mol. The van der Waals surface area contributed by atoms with E-state index in [-0.39, 0.29) is 0 Å². The number of ether oxygens (including phenoxy) is 1. The number of nitrogens with zero attached hydrogens (tertiary/aromatic N) is 3. The Morgan fingerprint density at radius 3 is 2.62 bits per heavy atom. The molecule has 0 saturated carbocycles. The highest BCUT2D eigenvalue weighted by atomic mass is 32.1. The van der Waals surface area contributed by atoms with Crippen molar-refractivity contribution in [2.24, 2.45) is 0 Å². The topological polar surface area (TPSA) is 51.5 Å². The molecule has 142 valence electrons. The minimum absolute atomic E-state index is 0.750. The van der Waals surface area contributed by atoms with E-state index in [1.807, 2.05) is 71.4 Å². The van der Waals surface area contributed by atoms with Gasteiger partial charge in [0.1, 0.15) is 17.3 Å². The van der Waals surface area contributed by atoms with Gasteiger partial charge in [0.2, 0.25) is 0 Å². The summed E-state index contributed by atoms with van der Waals surface area (Å²) in [4.78, 5) is 5.85. The largest absolute Gasteiger partial charge is 0.457 e. The summed E-state index contributed by atoms with van der Waals surface area (Å²) < 4.78 is 7.97. The number of hydrogen-bond donors (Lipinski definition) is 1. The lowest BCUT2D eigenvalue weighted by Crippen LogP contribution is -2.04. The summed E-state index contributed by atoms with van der Waals surface area (Å²) in [5, 5.41) is 10.1. The van der Waals surface area contributed by atoms with Gasteiger partial charge >= 0.3 is 0 Å². The standard InChI is InChI=1S/C23H18N4OS/c1-2-7-17(8-3-1)28-21-11-5-4-10-19(21)20-16-26-27-22(12-13-24-23(20)27)25-15-18-9-6-14-29-18/h1-14,16,25H,15H2. The van der Waals surface area contributed by atoms with Gasteiger partial charge in [0.05, 0.1) is 18.3 Å². The quantitative estimate of drug-likeness (QED) is 0.389. The van der Waals surface area contributed by atoms with E-state index >= 15 is 0 Å². The maximum Gasteiger partial charge on any atom is 0.165 e. The predicted octanol–water partition coefficient (Wildman–Crippen LogP) is 5.86. The Bertz CT molecular complexity index is 1230. The minimum atomic E-state index is 0.750. The lowest BCUT2D eigenvalue weighted by molar-refractivity contribution is 0.484. The number of anilines is 1. The van der Waals surface area contributed by atoms with Crippen LogP contribution in [0.4, 0.5) is 5.82 Å². The molecule has 0 spiro atoms. The molecule has 0 atom stereocenters. The maximum atomic E-state index is 6.13. The molecule has 5 aromatic rings. The highest BCUT2D eigenvalue weighted by Crippen LogP contribution is 2.35. The molecule has 2 aromatic carbocycles. The van der Waals surface area contributed by atoms with Crippen LogP contribution in [0.2, 0.25) is 0 Å². The van der Waals surface area contributed by atoms with Crippen LogP contribution in [-0.4, -0.2) is 14.6 Å². The molecule has 6 heteroatoms. The van der Waals surface area contributed by atoms with E-state index < -0.39 is 0 Å². The first-order chi connectivity index (χ1) is 14.4. The molecule has 0 saturated heterocycles. The second-order valence-corrected chi connectivity index (χ2v) is 7.50. The molecule has 0 bridgehead atoms. The van der Waals surface area contributed by atoms with E-state index in [9.17, 15) is 0 Å². The fourth-order valence-corrected chi connectivity index (χ4v) is 3.84. The Hall–Kier alpha value is -3.64. The van der Waals surface area contributed by atoms with Gasteiger partial charge in [0.25, 0.3) is 0 Å². The van der Waals surface area contributed by atoms with Crippen molar-refractivity contribution in [1.82, 2.24) is 14.6 Å². The molecule has 0 amide bonds. The Morgan fingerprint density at radius 2 is 1.76 bits per heavy atom. The van der Waals surface area contributed by atoms with Crippen LogP contribution in [0.5, 0.6) is 11.5 Å². The summed E-state index contributed by atoms with van der Waals surface area (Å²) in [5.41, 5.74) is 2.66. The number of aromatic nitrogens is 3. The molecule has 0 aliphatic heterocycles. The van der Waals surface area contributed by atoms with Crippen LogP contribution in [0.15, 0.2) is 90.6 Å². The van der Waals surface area contributed by atoms with Crippen molar-refractivity contribution in [3.8, 4) is 22.6 Å². The fourth-order valence-electron chi connectivity index (χ4n) is 3.20. The summed E-state index contributed by atoms with van der Waals surface area (Å²) in [6, 6.07) is 23.8. The summed E-state index contributed by atoms with van der Waals surface area (Å²) in [6.45, 7) is 0.750. The molecule has 5 rings (SSSR count). The van der Waals surface area contributed by atoms with Gasteiger partial charge in [-0.1, -0.05) is 42.5 Å². The van der Waals surface area contributed by atoms with E-state index in [0.717, 1.165) is 40.6 Å². The summed E-state index contributed by atoms with van der Waals surface area (Å²) in [5.74, 6) is 2.46. The van der Waals surface area contributed by atoms with Gasteiger partial charge in [-0.25, -0.2) is 4.98 Å². The first-order valence-corrected chi connectivity index (χ1v) is 10.2. The molecule has 0 fully saturated rings. The van der Waals surface area contributed by atoms with Crippen molar-refractivity contribution in [3.05, 3.63) is 95.4 Å². The Labute approximate surface area is 172 Å². The molecule has 5 nitrogen and oxygen atoms in total. The van der Waals surface area contributed by atoms with E-state index in [1.165, 1.54) is 4.88 Å². The predicted molar refractivity (Wildman–Crippen MR) is 117 cm³/mol. The van der Waals surface area contributed by atoms with Crippen molar-refractivity contribution in [1.29, 1.82) is 0 Å². The number of thiophene rings is 1. The van der Waals surface area contributed by atoms with Gasteiger partial charge in [0, 0.05) is 16.6 Å². The van der Waals surface area contributed by atoms with Crippen LogP contribution < -0.4 is 10.1 Å². The number of hydrogen-bond acceptors (Lipinski definition) is 5. The summed E-state index contributed by atoms with van der Waals surface area (Å²) in [6.07, 6.45) is 3.64. The van der Waals surface area contributed by atoms with Crippen LogP contribution in [0.25, 0.3) is 16.8 Å². The SMILES string of the molecule is c1ccc(Oc2ccccc2-c2cnn3c(NCc4cccs4)ccnc23)cc1. The normalized spacial score (nSPS) is 10.9. The van der Waals surface area contributed by atoms with Gasteiger partial charge < -0.3 is 10.1 Å². The molecule has 0 unspecified atom stereocenters. The van der Waals surface area contributed by atoms with Crippen LogP contribution in [0.1, 0.15) is 4.88 Å². The van der Waals surface area contributed by atoms with Gasteiger partial charge in [0.15, 0.2) is 5.65 Å². The third kappa shape index (κ3) is 3.58. The summed E-state index contributed by atoms with van der Waals surface area (Å²) >= 11 is 1.73. The molecule has 0 radical (unpaired) electrons. The average Bonchev–Trinajstić information content (AvgIpc) is 3.44. The smallest absolute Gasteiger partial charge is 0.165 e. The van der Waals surface area contributed by atoms with E-state index in [1.54, 1.807) is 17.5 Å². The lowest BCUT2D eigenvalue weighted by Gasteiger charge is -2.11. The lowest BCUT2D eigenvalue weighted by atomic mass is 10.1. The molecule has 0 aliphatic rings. The average molecular weight is 398 g/mol. The number of benzene rings is 2. The first kappa shape index (κ1) is 17.5. The third-order valence-corrected chi connectivity index (χ3v) is 5.45. The number of nitrogens with one attached hydrogen (secondary N) is 1. The van der Waals surface area contributed by atoms with Crippen LogP contribution >= 0.6 is 11.3 Å². The van der Waals surface area contributed by atoms with Crippen LogP contribution in [0, 0.1) is 0 Å². The van der Waals surface area contributed by atoms with Gasteiger partial charge in [-0.15, -0.1) is 11.3 Å². The van der Waals surface area contributed by atoms with Crippen molar-refractivity contribution in [2.75, 3.05) is 5.32 Å². The highest BCUT2D eigenvalue weighted by Gasteiger charge is 2.15. The van der Waals surface area contributed by atoms with Gasteiger partial charge in [-0.2, -0.15) is 9.61 Å². The molecule has 1 N–H and O–H groups in total. The molecular weight excluding hydrogens is 380 g/mol. The third-order valence-electron chi connectivity index (χ3n) is 4.57. The molecule has 3 heterocycles. The Kier molecular flexibility index (Phi) is 4.68. The van der Waals surface area contributed by atoms with Gasteiger partial charge in [-0.3, -0.25) is 0 Å². The van der Waals surface area contributed by atoms with Crippen LogP contribution in [0.3, 0.4) is 0 Å². The van der Waals surface area contributed by atoms with Crippen molar-refractivity contribution >= 4 is 22.8 Å².